The molecule has 0 aliphatic rings. The molecule has 1 heterocycles. The van der Waals surface area contributed by atoms with E-state index in [0.29, 0.717) is 0 Å². The Morgan fingerprint density at radius 3 is 2.55 bits per heavy atom. The highest BCUT2D eigenvalue weighted by Crippen LogP contribution is 2.33. The summed E-state index contributed by atoms with van der Waals surface area (Å²) in [4.78, 5) is 11.3. The summed E-state index contributed by atoms with van der Waals surface area (Å²) >= 11 is 5.98. The van der Waals surface area contributed by atoms with Gasteiger partial charge in [0.2, 0.25) is 0 Å². The summed E-state index contributed by atoms with van der Waals surface area (Å²) in [6, 6.07) is 4.19. The Bertz CT molecular complexity index is 654. The zero-order valence-electron chi connectivity index (χ0n) is 11.3. The van der Waals surface area contributed by atoms with Gasteiger partial charge < -0.3 is 5.11 Å². The predicted molar refractivity (Wildman–Crippen MR) is 74.6 cm³/mol. The Morgan fingerprint density at radius 2 is 2.05 bits per heavy atom. The average molecular weight is 297 g/mol. The number of aromatic carboxylic acids is 1. The third-order valence-electron chi connectivity index (χ3n) is 2.83. The number of rotatable bonds is 2. The monoisotopic (exact) mass is 296 g/mol. The van der Waals surface area contributed by atoms with Crippen LogP contribution in [0.4, 0.5) is 4.39 Å². The standard InChI is InChI=1S/C14H14ClFN2O2/c1-14(2,3)18-7-8(13(19)20)12(17-18)11-9(15)5-4-6-10(11)16/h4-7H,1-3H3,(H,19,20). The predicted octanol–water partition coefficient (Wildman–Crippen LogP) is 3.80. The van der Waals surface area contributed by atoms with Crippen molar-refractivity contribution in [2.45, 2.75) is 26.3 Å². The number of carboxylic acids is 1. The zero-order chi connectivity index (χ0) is 15.1. The van der Waals surface area contributed by atoms with Crippen LogP contribution in [-0.4, -0.2) is 20.9 Å². The second-order valence-electron chi connectivity index (χ2n) is 5.41. The Kier molecular flexibility index (Phi) is 3.56. The molecule has 0 spiro atoms. The molecule has 1 N–H and O–H groups in total. The molecule has 0 aliphatic heterocycles. The molecule has 0 unspecified atom stereocenters. The average Bonchev–Trinajstić information content (AvgIpc) is 2.73. The smallest absolute Gasteiger partial charge is 0.339 e. The van der Waals surface area contributed by atoms with Crippen LogP contribution in [0.25, 0.3) is 11.3 Å². The first-order valence-electron chi connectivity index (χ1n) is 5.99. The molecular weight excluding hydrogens is 283 g/mol. The molecule has 0 aliphatic carbocycles. The van der Waals surface area contributed by atoms with Crippen LogP contribution >= 0.6 is 11.6 Å². The van der Waals surface area contributed by atoms with Gasteiger partial charge in [0, 0.05) is 6.20 Å². The van der Waals surface area contributed by atoms with Gasteiger partial charge in [-0.3, -0.25) is 4.68 Å². The topological polar surface area (TPSA) is 55.1 Å². The summed E-state index contributed by atoms with van der Waals surface area (Å²) in [5.41, 5.74) is -0.447. The van der Waals surface area contributed by atoms with Crippen LogP contribution in [0.1, 0.15) is 31.1 Å². The van der Waals surface area contributed by atoms with Crippen LogP contribution in [0.2, 0.25) is 5.02 Å². The van der Waals surface area contributed by atoms with Crippen LogP contribution in [0.3, 0.4) is 0 Å². The lowest BCUT2D eigenvalue weighted by molar-refractivity contribution is 0.0697. The normalized spacial score (nSPS) is 11.7. The van der Waals surface area contributed by atoms with E-state index in [2.05, 4.69) is 5.10 Å². The van der Waals surface area contributed by atoms with Crippen molar-refractivity contribution >= 4 is 17.6 Å². The van der Waals surface area contributed by atoms with Gasteiger partial charge >= 0.3 is 5.97 Å². The second kappa shape index (κ2) is 4.90. The van der Waals surface area contributed by atoms with E-state index in [1.807, 2.05) is 20.8 Å². The van der Waals surface area contributed by atoms with Crippen LogP contribution < -0.4 is 0 Å². The fourth-order valence-electron chi connectivity index (χ4n) is 1.78. The van der Waals surface area contributed by atoms with Gasteiger partial charge in [0.1, 0.15) is 17.1 Å². The minimum Gasteiger partial charge on any atom is -0.478 e. The Morgan fingerprint density at radius 1 is 1.40 bits per heavy atom. The van der Waals surface area contributed by atoms with Crippen molar-refractivity contribution in [3.05, 3.63) is 40.8 Å². The van der Waals surface area contributed by atoms with Crippen LogP contribution in [0.5, 0.6) is 0 Å². The number of carboxylic acid groups (broad SMARTS) is 1. The van der Waals surface area contributed by atoms with Crippen molar-refractivity contribution in [3.63, 3.8) is 0 Å². The first-order valence-corrected chi connectivity index (χ1v) is 6.37. The highest BCUT2D eigenvalue weighted by atomic mass is 35.5. The van der Waals surface area contributed by atoms with E-state index in [9.17, 15) is 14.3 Å². The quantitative estimate of drug-likeness (QED) is 0.917. The number of nitrogens with zero attached hydrogens (tertiary/aromatic N) is 2. The minimum atomic E-state index is -1.17. The van der Waals surface area contributed by atoms with Gasteiger partial charge in [-0.05, 0) is 32.9 Å². The molecule has 2 rings (SSSR count). The molecule has 0 bridgehead atoms. The fourth-order valence-corrected chi connectivity index (χ4v) is 2.04. The molecule has 0 fully saturated rings. The van der Waals surface area contributed by atoms with Gasteiger partial charge in [-0.2, -0.15) is 5.10 Å². The lowest BCUT2D eigenvalue weighted by Gasteiger charge is -2.18. The van der Waals surface area contributed by atoms with E-state index in [1.54, 1.807) is 0 Å². The molecule has 0 radical (unpaired) electrons. The summed E-state index contributed by atoms with van der Waals surface area (Å²) in [6.45, 7) is 5.62. The Balaban J connectivity index is 2.73. The SMILES string of the molecule is CC(C)(C)n1cc(C(=O)O)c(-c2c(F)cccc2Cl)n1. The third kappa shape index (κ3) is 2.54. The summed E-state index contributed by atoms with van der Waals surface area (Å²) in [5.74, 6) is -1.77. The molecule has 0 saturated carbocycles. The molecule has 1 aromatic carbocycles. The highest BCUT2D eigenvalue weighted by Gasteiger charge is 2.25. The summed E-state index contributed by atoms with van der Waals surface area (Å²) in [6.07, 6.45) is 1.39. The van der Waals surface area contributed by atoms with E-state index < -0.39 is 17.3 Å². The van der Waals surface area contributed by atoms with Gasteiger partial charge in [0.15, 0.2) is 0 Å². The molecule has 1 aromatic heterocycles. The Labute approximate surface area is 120 Å². The molecule has 106 valence electrons. The number of hydrogen-bond acceptors (Lipinski definition) is 2. The molecule has 6 heteroatoms. The molecule has 0 amide bonds. The maximum absolute atomic E-state index is 14.0. The molecule has 0 atom stereocenters. The van der Waals surface area contributed by atoms with Crippen LogP contribution in [-0.2, 0) is 5.54 Å². The number of carbonyl (C=O) groups is 1. The molecular formula is C14H14ClFN2O2. The van der Waals surface area contributed by atoms with E-state index in [-0.39, 0.29) is 21.8 Å². The summed E-state index contributed by atoms with van der Waals surface area (Å²) < 4.78 is 15.5. The third-order valence-corrected chi connectivity index (χ3v) is 3.15. The van der Waals surface area contributed by atoms with Gasteiger partial charge in [-0.15, -0.1) is 0 Å². The lowest BCUT2D eigenvalue weighted by Crippen LogP contribution is -2.22. The van der Waals surface area contributed by atoms with Crippen molar-refractivity contribution in [2.24, 2.45) is 0 Å². The van der Waals surface area contributed by atoms with Gasteiger partial charge in [0.25, 0.3) is 0 Å². The lowest BCUT2D eigenvalue weighted by atomic mass is 10.1. The molecule has 20 heavy (non-hydrogen) atoms. The maximum Gasteiger partial charge on any atom is 0.339 e. The molecule has 2 aromatic rings. The van der Waals surface area contributed by atoms with Crippen LogP contribution in [0, 0.1) is 5.82 Å². The van der Waals surface area contributed by atoms with E-state index >= 15 is 0 Å². The van der Waals surface area contributed by atoms with Crippen molar-refractivity contribution < 1.29 is 14.3 Å². The highest BCUT2D eigenvalue weighted by molar-refractivity contribution is 6.33. The molecule has 0 saturated heterocycles. The Hall–Kier alpha value is -1.88. The zero-order valence-corrected chi connectivity index (χ0v) is 12.1. The largest absolute Gasteiger partial charge is 0.478 e. The minimum absolute atomic E-state index is 0.00886. The number of aromatic nitrogens is 2. The number of benzene rings is 1. The first kappa shape index (κ1) is 14.5. The number of halogens is 2. The molecule has 4 nitrogen and oxygen atoms in total. The van der Waals surface area contributed by atoms with Crippen molar-refractivity contribution in [1.82, 2.24) is 9.78 Å². The van der Waals surface area contributed by atoms with Gasteiger partial charge in [-0.25, -0.2) is 9.18 Å². The van der Waals surface area contributed by atoms with Crippen molar-refractivity contribution in [2.75, 3.05) is 0 Å². The maximum atomic E-state index is 14.0. The van der Waals surface area contributed by atoms with E-state index in [0.717, 1.165) is 0 Å². The summed E-state index contributed by atoms with van der Waals surface area (Å²) in [7, 11) is 0. The number of hydrogen-bond donors (Lipinski definition) is 1. The van der Waals surface area contributed by atoms with E-state index in [4.69, 9.17) is 11.6 Å². The van der Waals surface area contributed by atoms with Crippen molar-refractivity contribution in [1.29, 1.82) is 0 Å². The fraction of sp³-hybridized carbons (Fsp3) is 0.286. The van der Waals surface area contributed by atoms with Crippen molar-refractivity contribution in [3.8, 4) is 11.3 Å². The van der Waals surface area contributed by atoms with Gasteiger partial charge in [-0.1, -0.05) is 17.7 Å². The first-order chi connectivity index (χ1) is 9.21. The van der Waals surface area contributed by atoms with E-state index in [1.165, 1.54) is 29.1 Å². The van der Waals surface area contributed by atoms with Gasteiger partial charge in [0.05, 0.1) is 16.1 Å². The van der Waals surface area contributed by atoms with Crippen LogP contribution in [0.15, 0.2) is 24.4 Å². The second-order valence-corrected chi connectivity index (χ2v) is 5.82. The summed E-state index contributed by atoms with van der Waals surface area (Å²) in [5, 5.41) is 13.6.